The number of aromatic nitrogens is 1. The summed E-state index contributed by atoms with van der Waals surface area (Å²) in [6, 6.07) is -0.103. The summed E-state index contributed by atoms with van der Waals surface area (Å²) in [5.41, 5.74) is 1.68. The Hall–Kier alpha value is -2.56. The molecule has 0 bridgehead atoms. The van der Waals surface area contributed by atoms with E-state index in [2.05, 4.69) is 26.5 Å². The number of hydrogen-bond donors (Lipinski definition) is 0. The van der Waals surface area contributed by atoms with E-state index in [0.717, 1.165) is 30.0 Å². The number of thiazole rings is 1. The molecule has 6 rings (SSSR count). The maximum atomic E-state index is 15.1. The number of amides is 1. The lowest BCUT2D eigenvalue weighted by atomic mass is 9.67. The minimum atomic E-state index is -0.718. The molecular formula is C47H72N2O11S. The highest BCUT2D eigenvalue weighted by atomic mass is 32.1. The minimum Gasteiger partial charge on any atom is -0.462 e. The summed E-state index contributed by atoms with van der Waals surface area (Å²) >= 11 is 1.72. The lowest BCUT2D eigenvalue weighted by Crippen LogP contribution is -2.51. The molecule has 16 atom stereocenters. The van der Waals surface area contributed by atoms with E-state index in [1.807, 2.05) is 27.7 Å². The molecule has 1 aromatic rings. The molecule has 342 valence electrons. The topological polar surface area (TPSA) is 141 Å². The van der Waals surface area contributed by atoms with E-state index in [9.17, 15) is 9.59 Å². The van der Waals surface area contributed by atoms with Gasteiger partial charge in [-0.25, -0.2) is 4.98 Å². The van der Waals surface area contributed by atoms with Gasteiger partial charge in [0.2, 0.25) is 5.91 Å². The van der Waals surface area contributed by atoms with Gasteiger partial charge in [-0.3, -0.25) is 14.4 Å². The SMILES string of the molecule is C=CC(=O)N(C)[C@H]1CC[C@H](O[C@H]2CCC[C@H](CC)OC(=O)C[C@@H]3C(=C[C@H]4[C@@H]5C[C@H](OC(OC)C(OC)C(OC)C(OC)C(C)C)C[C@H]5c5sc(C)nc5[C@H]43)C(=O)[C@@H]2C)OC1C. The average molecular weight is 873 g/mol. The van der Waals surface area contributed by atoms with Crippen LogP contribution < -0.4 is 0 Å². The molecule has 0 aromatic carbocycles. The zero-order valence-electron chi connectivity index (χ0n) is 38.3. The molecule has 5 unspecified atom stereocenters. The zero-order valence-corrected chi connectivity index (χ0v) is 39.2. The van der Waals surface area contributed by atoms with E-state index < -0.39 is 36.8 Å². The molecule has 5 aliphatic rings. The van der Waals surface area contributed by atoms with Crippen molar-refractivity contribution >= 4 is 29.0 Å². The molecular weight excluding hydrogens is 801 g/mol. The Morgan fingerprint density at radius 3 is 2.34 bits per heavy atom. The fraction of sp³-hybridized carbons (Fsp3) is 0.787. The Labute approximate surface area is 367 Å². The Bertz CT molecular complexity index is 1720. The number of carbonyl (C=O) groups is 3. The molecule has 2 saturated heterocycles. The maximum absolute atomic E-state index is 15.1. The first-order valence-electron chi connectivity index (χ1n) is 22.6. The number of cyclic esters (lactones) is 1. The molecule has 1 amide bonds. The van der Waals surface area contributed by atoms with Crippen LogP contribution in [-0.4, -0.2) is 124 Å². The van der Waals surface area contributed by atoms with Gasteiger partial charge in [0.25, 0.3) is 0 Å². The number of ketones is 1. The van der Waals surface area contributed by atoms with Crippen LogP contribution in [0.15, 0.2) is 24.3 Å². The monoisotopic (exact) mass is 872 g/mol. The summed E-state index contributed by atoms with van der Waals surface area (Å²) in [6.45, 7) is 15.8. The van der Waals surface area contributed by atoms with Crippen molar-refractivity contribution in [3.8, 4) is 0 Å². The predicted octanol–water partition coefficient (Wildman–Crippen LogP) is 7.30. The van der Waals surface area contributed by atoms with Crippen molar-refractivity contribution in [3.63, 3.8) is 0 Å². The van der Waals surface area contributed by atoms with Crippen LogP contribution in [0.2, 0.25) is 0 Å². The van der Waals surface area contributed by atoms with Gasteiger partial charge in [-0.1, -0.05) is 40.3 Å². The number of ether oxygens (including phenoxy) is 8. The molecule has 1 saturated carbocycles. The summed E-state index contributed by atoms with van der Waals surface area (Å²) in [5.74, 6) is -0.963. The number of allylic oxidation sites excluding steroid dienone is 2. The summed E-state index contributed by atoms with van der Waals surface area (Å²) in [6.07, 6.45) is 5.64. The van der Waals surface area contributed by atoms with Crippen molar-refractivity contribution in [2.45, 2.75) is 173 Å². The van der Waals surface area contributed by atoms with Crippen molar-refractivity contribution in [2.75, 3.05) is 35.5 Å². The summed E-state index contributed by atoms with van der Waals surface area (Å²) in [7, 11) is 8.38. The third kappa shape index (κ3) is 10.1. The molecule has 1 aromatic heterocycles. The van der Waals surface area contributed by atoms with Crippen molar-refractivity contribution in [2.24, 2.45) is 29.6 Å². The fourth-order valence-electron chi connectivity index (χ4n) is 11.3. The lowest BCUT2D eigenvalue weighted by Gasteiger charge is -2.40. The number of esters is 1. The largest absolute Gasteiger partial charge is 0.462 e. The summed E-state index contributed by atoms with van der Waals surface area (Å²) in [4.78, 5) is 49.5. The molecule has 14 heteroatoms. The number of aryl methyl sites for hydroxylation is 1. The number of nitrogens with zero attached hydrogens (tertiary/aromatic N) is 2. The van der Waals surface area contributed by atoms with Gasteiger partial charge in [-0.2, -0.15) is 0 Å². The maximum Gasteiger partial charge on any atom is 0.306 e. The summed E-state index contributed by atoms with van der Waals surface area (Å²) in [5, 5.41) is 0.970. The first-order valence-corrected chi connectivity index (χ1v) is 23.4. The summed E-state index contributed by atoms with van der Waals surface area (Å²) < 4.78 is 50.0. The van der Waals surface area contributed by atoms with Gasteiger partial charge in [0, 0.05) is 70.5 Å². The van der Waals surface area contributed by atoms with Crippen LogP contribution in [0.25, 0.3) is 0 Å². The van der Waals surface area contributed by atoms with Crippen LogP contribution in [-0.2, 0) is 52.3 Å². The molecule has 0 N–H and O–H groups in total. The van der Waals surface area contributed by atoms with Crippen LogP contribution in [0.4, 0.5) is 0 Å². The quantitative estimate of drug-likeness (QED) is 0.0993. The van der Waals surface area contributed by atoms with Gasteiger partial charge < -0.3 is 42.8 Å². The van der Waals surface area contributed by atoms with Gasteiger partial charge in [-0.15, -0.1) is 11.3 Å². The predicted molar refractivity (Wildman–Crippen MR) is 231 cm³/mol. The standard InChI is InChI=1S/C47H72N2O11S/c1-13-28-16-15-17-36(60-39-19-18-35(26(6)57-39)49(8)37(50)14-2)25(5)42(52)33-22-31-30-20-29(59-47(56-12)45(55-11)44(54-10)43(53-9)24(3)4)21-34(30)46-41(48-27(7)61-46)40(31)32(33)23-38(51)58-28/h14,22,24-26,28-32,34-36,39-40,43-45,47H,2,13,15-21,23H2,1,3-12H3/t25-,26?,28+,29+,30+,31+,32-,34-,35+,36+,39+,40-,43?,44?,45?,47?/m1/s1. The zero-order chi connectivity index (χ0) is 44.3. The fourth-order valence-corrected chi connectivity index (χ4v) is 12.5. The Morgan fingerprint density at radius 2 is 1.72 bits per heavy atom. The number of carbonyl (C=O) groups excluding carboxylic acids is 3. The van der Waals surface area contributed by atoms with Crippen molar-refractivity contribution < 1.29 is 52.3 Å². The highest BCUT2D eigenvalue weighted by Gasteiger charge is 2.56. The smallest absolute Gasteiger partial charge is 0.306 e. The van der Waals surface area contributed by atoms with E-state index in [-0.39, 0.29) is 90.0 Å². The number of methoxy groups -OCH3 is 4. The number of rotatable bonds is 15. The Morgan fingerprint density at radius 1 is 1.00 bits per heavy atom. The van der Waals surface area contributed by atoms with Crippen molar-refractivity contribution in [3.05, 3.63) is 39.9 Å². The number of hydrogen-bond acceptors (Lipinski definition) is 13. The molecule has 2 aliphatic heterocycles. The van der Waals surface area contributed by atoms with Crippen LogP contribution >= 0.6 is 11.3 Å². The molecule has 13 nitrogen and oxygen atoms in total. The third-order valence-corrected chi connectivity index (χ3v) is 15.6. The molecule has 0 spiro atoms. The lowest BCUT2D eigenvalue weighted by molar-refractivity contribution is -0.246. The first-order chi connectivity index (χ1) is 29.2. The third-order valence-electron chi connectivity index (χ3n) is 14.4. The highest BCUT2D eigenvalue weighted by Crippen LogP contribution is 2.62. The van der Waals surface area contributed by atoms with Crippen LogP contribution in [0.5, 0.6) is 0 Å². The van der Waals surface area contributed by atoms with Gasteiger partial charge in [0.1, 0.15) is 18.3 Å². The van der Waals surface area contributed by atoms with Crippen LogP contribution in [0.3, 0.4) is 0 Å². The minimum absolute atomic E-state index is 0.00421. The van der Waals surface area contributed by atoms with Crippen molar-refractivity contribution in [1.29, 1.82) is 0 Å². The van der Waals surface area contributed by atoms with E-state index in [1.165, 1.54) is 11.0 Å². The molecule has 3 fully saturated rings. The van der Waals surface area contributed by atoms with E-state index in [1.54, 1.807) is 51.7 Å². The highest BCUT2D eigenvalue weighted by molar-refractivity contribution is 7.11. The van der Waals surface area contributed by atoms with Gasteiger partial charge in [0.15, 0.2) is 18.4 Å². The second-order valence-corrected chi connectivity index (χ2v) is 19.5. The van der Waals surface area contributed by atoms with Gasteiger partial charge in [-0.05, 0) is 88.2 Å². The van der Waals surface area contributed by atoms with Crippen LogP contribution in [0, 0.1) is 36.5 Å². The van der Waals surface area contributed by atoms with Gasteiger partial charge in [0.05, 0.1) is 47.6 Å². The second-order valence-electron chi connectivity index (χ2n) is 18.3. The molecule has 61 heavy (non-hydrogen) atoms. The van der Waals surface area contributed by atoms with E-state index in [4.69, 9.17) is 42.9 Å². The molecule has 3 aliphatic carbocycles. The Balaban J connectivity index is 1.28. The van der Waals surface area contributed by atoms with E-state index >= 15 is 4.79 Å². The van der Waals surface area contributed by atoms with Crippen LogP contribution in [0.1, 0.15) is 120 Å². The van der Waals surface area contributed by atoms with Gasteiger partial charge >= 0.3 is 5.97 Å². The van der Waals surface area contributed by atoms with E-state index in [0.29, 0.717) is 37.7 Å². The second kappa shape index (κ2) is 21.0. The Kier molecular flexibility index (Phi) is 16.5. The average Bonchev–Trinajstić information content (AvgIpc) is 3.95. The normalized spacial score (nSPS) is 35.0. The van der Waals surface area contributed by atoms with Crippen molar-refractivity contribution in [1.82, 2.24) is 9.88 Å². The number of likely N-dealkylation sites (N-methyl/N-ethyl adjacent to an activating group) is 1. The number of fused-ring (bicyclic) bond motifs is 8. The molecule has 3 heterocycles. The number of Topliss-reactive ketones (excluding diaryl/α,β-unsaturated/α-hetero) is 1. The first kappa shape index (κ1) is 47.9. The molecule has 0 radical (unpaired) electrons.